The van der Waals surface area contributed by atoms with Crippen LogP contribution in [0.15, 0.2) is 18.2 Å². The highest BCUT2D eigenvalue weighted by molar-refractivity contribution is 5.56. The Labute approximate surface area is 125 Å². The summed E-state index contributed by atoms with van der Waals surface area (Å²) < 4.78 is 5.54. The Morgan fingerprint density at radius 1 is 1.00 bits per heavy atom. The van der Waals surface area contributed by atoms with Crippen molar-refractivity contribution in [3.05, 3.63) is 29.3 Å². The second kappa shape index (κ2) is 6.39. The summed E-state index contributed by atoms with van der Waals surface area (Å²) >= 11 is 0. The molecule has 0 spiro atoms. The average Bonchev–Trinajstić information content (AvgIpc) is 2.42. The van der Waals surface area contributed by atoms with Gasteiger partial charge in [-0.05, 0) is 51.0 Å². The molecule has 0 radical (unpaired) electrons. The van der Waals surface area contributed by atoms with E-state index >= 15 is 0 Å². The second-order valence-electron chi connectivity index (χ2n) is 5.11. The van der Waals surface area contributed by atoms with Crippen molar-refractivity contribution in [2.24, 2.45) is 0 Å². The van der Waals surface area contributed by atoms with E-state index in [9.17, 15) is 0 Å². The van der Waals surface area contributed by atoms with Crippen molar-refractivity contribution in [1.29, 1.82) is 0 Å². The standard InChI is InChI=1S/C15H21N5O/c1-9(2)21-15-19-13(16-5)18-14(20-15)17-12-7-6-10(3)11(4)8-12/h6-9H,1-5H3,(H2,16,17,18,19,20). The lowest BCUT2D eigenvalue weighted by molar-refractivity contribution is 0.222. The lowest BCUT2D eigenvalue weighted by atomic mass is 10.1. The van der Waals surface area contributed by atoms with Crippen molar-refractivity contribution in [3.63, 3.8) is 0 Å². The highest BCUT2D eigenvalue weighted by Crippen LogP contribution is 2.19. The largest absolute Gasteiger partial charge is 0.461 e. The molecule has 0 amide bonds. The number of nitrogens with one attached hydrogen (secondary N) is 2. The smallest absolute Gasteiger partial charge is 0.323 e. The number of aryl methyl sites for hydroxylation is 2. The molecule has 0 aliphatic carbocycles. The van der Waals surface area contributed by atoms with Crippen LogP contribution in [0.5, 0.6) is 6.01 Å². The Morgan fingerprint density at radius 3 is 2.33 bits per heavy atom. The molecule has 0 fully saturated rings. The number of ether oxygens (including phenoxy) is 1. The fourth-order valence-electron chi connectivity index (χ4n) is 1.74. The molecule has 0 unspecified atom stereocenters. The van der Waals surface area contributed by atoms with Gasteiger partial charge in [0, 0.05) is 12.7 Å². The minimum Gasteiger partial charge on any atom is -0.461 e. The van der Waals surface area contributed by atoms with Gasteiger partial charge in [-0.15, -0.1) is 0 Å². The molecule has 2 rings (SSSR count). The third-order valence-electron chi connectivity index (χ3n) is 2.94. The van der Waals surface area contributed by atoms with Gasteiger partial charge in [0.05, 0.1) is 6.10 Å². The maximum Gasteiger partial charge on any atom is 0.323 e. The maximum absolute atomic E-state index is 5.54. The summed E-state index contributed by atoms with van der Waals surface area (Å²) in [5.41, 5.74) is 3.39. The summed E-state index contributed by atoms with van der Waals surface area (Å²) in [5.74, 6) is 0.917. The third kappa shape index (κ3) is 4.05. The second-order valence-corrected chi connectivity index (χ2v) is 5.11. The Balaban J connectivity index is 2.27. The fraction of sp³-hybridized carbons (Fsp3) is 0.400. The first kappa shape index (κ1) is 15.0. The van der Waals surface area contributed by atoms with Crippen LogP contribution >= 0.6 is 0 Å². The van der Waals surface area contributed by atoms with Gasteiger partial charge >= 0.3 is 6.01 Å². The van der Waals surface area contributed by atoms with Crippen molar-refractivity contribution in [3.8, 4) is 6.01 Å². The molecule has 6 nitrogen and oxygen atoms in total. The first-order valence-electron chi connectivity index (χ1n) is 6.92. The molecule has 0 bridgehead atoms. The van der Waals surface area contributed by atoms with Gasteiger partial charge in [0.1, 0.15) is 0 Å². The van der Waals surface area contributed by atoms with E-state index < -0.39 is 0 Å². The molecule has 2 aromatic rings. The molecule has 0 saturated heterocycles. The zero-order valence-corrected chi connectivity index (χ0v) is 13.1. The molecule has 1 aromatic heterocycles. The van der Waals surface area contributed by atoms with E-state index in [4.69, 9.17) is 4.74 Å². The van der Waals surface area contributed by atoms with Crippen LogP contribution in [0.1, 0.15) is 25.0 Å². The SMILES string of the molecule is CNc1nc(Nc2ccc(C)c(C)c2)nc(OC(C)C)n1. The normalized spacial score (nSPS) is 10.6. The van der Waals surface area contributed by atoms with Crippen molar-refractivity contribution >= 4 is 17.6 Å². The van der Waals surface area contributed by atoms with E-state index in [0.717, 1.165) is 5.69 Å². The Bertz CT molecular complexity index is 627. The molecule has 0 aliphatic heterocycles. The summed E-state index contributed by atoms with van der Waals surface area (Å²) in [7, 11) is 1.76. The van der Waals surface area contributed by atoms with Gasteiger partial charge in [0.2, 0.25) is 11.9 Å². The Kier molecular flexibility index (Phi) is 4.57. The number of hydrogen-bond donors (Lipinski definition) is 2. The fourth-order valence-corrected chi connectivity index (χ4v) is 1.74. The molecule has 6 heteroatoms. The van der Waals surface area contributed by atoms with Crippen molar-refractivity contribution in [2.75, 3.05) is 17.7 Å². The van der Waals surface area contributed by atoms with Gasteiger partial charge in [-0.3, -0.25) is 0 Å². The summed E-state index contributed by atoms with van der Waals surface area (Å²) in [4.78, 5) is 12.7. The summed E-state index contributed by atoms with van der Waals surface area (Å²) in [6, 6.07) is 6.41. The predicted octanol–water partition coefficient (Wildman–Crippen LogP) is 3.06. The van der Waals surface area contributed by atoms with E-state index in [0.29, 0.717) is 17.9 Å². The van der Waals surface area contributed by atoms with Gasteiger partial charge < -0.3 is 15.4 Å². The molecule has 0 aliphatic rings. The zero-order valence-electron chi connectivity index (χ0n) is 13.1. The molecule has 112 valence electrons. The van der Waals surface area contributed by atoms with Crippen LogP contribution in [0, 0.1) is 13.8 Å². The van der Waals surface area contributed by atoms with Crippen LogP contribution < -0.4 is 15.4 Å². The van der Waals surface area contributed by atoms with Crippen molar-refractivity contribution < 1.29 is 4.74 Å². The zero-order chi connectivity index (χ0) is 15.4. The molecule has 2 N–H and O–H groups in total. The van der Waals surface area contributed by atoms with Crippen LogP contribution in [0.3, 0.4) is 0 Å². The summed E-state index contributed by atoms with van der Waals surface area (Å²) in [6.45, 7) is 8.01. The highest BCUT2D eigenvalue weighted by Gasteiger charge is 2.08. The molecule has 0 atom stereocenters. The lowest BCUT2D eigenvalue weighted by Crippen LogP contribution is -2.11. The number of rotatable bonds is 5. The van der Waals surface area contributed by atoms with Gasteiger partial charge in [-0.25, -0.2) is 0 Å². The van der Waals surface area contributed by atoms with Crippen molar-refractivity contribution in [1.82, 2.24) is 15.0 Å². The van der Waals surface area contributed by atoms with Crippen LogP contribution in [-0.4, -0.2) is 28.1 Å². The van der Waals surface area contributed by atoms with Crippen LogP contribution in [0.2, 0.25) is 0 Å². The number of hydrogen-bond acceptors (Lipinski definition) is 6. The lowest BCUT2D eigenvalue weighted by Gasteiger charge is -2.11. The van der Waals surface area contributed by atoms with Gasteiger partial charge in [0.15, 0.2) is 0 Å². The highest BCUT2D eigenvalue weighted by atomic mass is 16.5. The first-order valence-corrected chi connectivity index (χ1v) is 6.92. The topological polar surface area (TPSA) is 72.0 Å². The minimum absolute atomic E-state index is 0.00609. The quantitative estimate of drug-likeness (QED) is 0.880. The third-order valence-corrected chi connectivity index (χ3v) is 2.94. The summed E-state index contributed by atoms with van der Waals surface area (Å²) in [6.07, 6.45) is 0.00609. The molecular formula is C15H21N5O. The number of aromatic nitrogens is 3. The molecule has 1 heterocycles. The Morgan fingerprint density at radius 2 is 1.71 bits per heavy atom. The first-order chi connectivity index (χ1) is 9.97. The van der Waals surface area contributed by atoms with E-state index in [2.05, 4.69) is 51.6 Å². The maximum atomic E-state index is 5.54. The molecular weight excluding hydrogens is 266 g/mol. The van der Waals surface area contributed by atoms with Crippen LogP contribution in [0.25, 0.3) is 0 Å². The predicted molar refractivity (Wildman–Crippen MR) is 84.3 cm³/mol. The van der Waals surface area contributed by atoms with Crippen LogP contribution in [-0.2, 0) is 0 Å². The monoisotopic (exact) mass is 287 g/mol. The van der Waals surface area contributed by atoms with E-state index in [1.165, 1.54) is 11.1 Å². The minimum atomic E-state index is 0.00609. The molecule has 21 heavy (non-hydrogen) atoms. The van der Waals surface area contributed by atoms with E-state index in [1.807, 2.05) is 19.9 Å². The number of anilines is 3. The molecule has 1 aromatic carbocycles. The van der Waals surface area contributed by atoms with Gasteiger partial charge in [-0.2, -0.15) is 15.0 Å². The molecule has 0 saturated carbocycles. The van der Waals surface area contributed by atoms with Crippen molar-refractivity contribution in [2.45, 2.75) is 33.8 Å². The van der Waals surface area contributed by atoms with Crippen LogP contribution in [0.4, 0.5) is 17.6 Å². The average molecular weight is 287 g/mol. The van der Waals surface area contributed by atoms with E-state index in [1.54, 1.807) is 7.05 Å². The van der Waals surface area contributed by atoms with Gasteiger partial charge in [0.25, 0.3) is 0 Å². The Hall–Kier alpha value is -2.37. The van der Waals surface area contributed by atoms with E-state index in [-0.39, 0.29) is 6.10 Å². The number of nitrogens with zero attached hydrogens (tertiary/aromatic N) is 3. The number of benzene rings is 1. The summed E-state index contributed by atoms with van der Waals surface area (Å²) in [5, 5.41) is 6.08. The van der Waals surface area contributed by atoms with Gasteiger partial charge in [-0.1, -0.05) is 6.07 Å².